The van der Waals surface area contributed by atoms with Crippen LogP contribution in [0.2, 0.25) is 0 Å². The van der Waals surface area contributed by atoms with Crippen molar-refractivity contribution in [3.8, 4) is 5.75 Å². The van der Waals surface area contributed by atoms with Gasteiger partial charge in [-0.25, -0.2) is 23.5 Å². The van der Waals surface area contributed by atoms with Crippen LogP contribution in [0.4, 0.5) is 10.3 Å². The normalized spacial score (nSPS) is 25.1. The smallest absolute Gasteiger partial charge is 0.459 e. The molecule has 6 unspecified atom stereocenters. The molecule has 0 amide bonds. The molecular weight excluding hydrogens is 562 g/mol. The summed E-state index contributed by atoms with van der Waals surface area (Å²) < 4.78 is 53.1. The van der Waals surface area contributed by atoms with Crippen LogP contribution in [0.25, 0.3) is 5.65 Å². The average Bonchev–Trinajstić information content (AvgIpc) is 3.39. The molecule has 0 radical (unpaired) electrons. The van der Waals surface area contributed by atoms with Crippen LogP contribution in [-0.2, 0) is 23.4 Å². The third kappa shape index (κ3) is 6.76. The van der Waals surface area contributed by atoms with E-state index in [1.807, 2.05) is 0 Å². The number of anilines is 1. The van der Waals surface area contributed by atoms with Crippen LogP contribution in [0, 0.1) is 5.41 Å². The lowest BCUT2D eigenvalue weighted by molar-refractivity contribution is -0.153. The summed E-state index contributed by atoms with van der Waals surface area (Å²) in [4.78, 5) is 30.6. The number of aromatic amines is 1. The number of H-pyrrole nitrogens is 1. The van der Waals surface area contributed by atoms with E-state index >= 15 is 4.39 Å². The van der Waals surface area contributed by atoms with E-state index in [-0.39, 0.29) is 29.6 Å². The zero-order chi connectivity index (χ0) is 30.2. The van der Waals surface area contributed by atoms with Crippen molar-refractivity contribution in [1.82, 2.24) is 24.7 Å². The number of halogens is 1. The lowest BCUT2D eigenvalue weighted by Gasteiger charge is -2.26. The van der Waals surface area contributed by atoms with Gasteiger partial charge in [-0.1, -0.05) is 18.2 Å². The number of ether oxygens (including phenoxy) is 2. The summed E-state index contributed by atoms with van der Waals surface area (Å²) >= 11 is 0. The molecule has 2 aromatic heterocycles. The highest BCUT2D eigenvalue weighted by Crippen LogP contribution is 2.48. The van der Waals surface area contributed by atoms with Gasteiger partial charge < -0.3 is 24.8 Å². The zero-order valence-electron chi connectivity index (χ0n) is 23.2. The van der Waals surface area contributed by atoms with Crippen molar-refractivity contribution in [3.05, 3.63) is 52.6 Å². The number of nitrogens with zero attached hydrogens (tertiary/aromatic N) is 3. The minimum atomic E-state index is -4.20. The molecule has 4 rings (SSSR count). The first-order valence-corrected chi connectivity index (χ1v) is 14.3. The topological polar surface area (TPSA) is 192 Å². The molecule has 224 valence electrons. The van der Waals surface area contributed by atoms with Crippen molar-refractivity contribution in [2.24, 2.45) is 5.41 Å². The number of aromatic nitrogens is 4. The van der Waals surface area contributed by atoms with Crippen molar-refractivity contribution in [2.75, 3.05) is 18.9 Å². The molecule has 0 bridgehead atoms. The Labute approximate surface area is 234 Å². The minimum absolute atomic E-state index is 0.0282. The van der Waals surface area contributed by atoms with Gasteiger partial charge in [0.15, 0.2) is 5.67 Å². The van der Waals surface area contributed by atoms with Crippen molar-refractivity contribution < 1.29 is 37.4 Å². The molecule has 0 aliphatic carbocycles. The molecule has 1 fully saturated rings. The van der Waals surface area contributed by atoms with Crippen LogP contribution < -0.4 is 20.9 Å². The number of nitrogen functional groups attached to an aromatic ring is 1. The first kappa shape index (κ1) is 30.6. The quantitative estimate of drug-likeness (QED) is 0.197. The Kier molecular flexibility index (Phi) is 8.58. The van der Waals surface area contributed by atoms with Gasteiger partial charge in [0.25, 0.3) is 5.56 Å². The predicted molar refractivity (Wildman–Crippen MR) is 145 cm³/mol. The molecule has 0 spiro atoms. The van der Waals surface area contributed by atoms with Gasteiger partial charge in [0.1, 0.15) is 30.7 Å². The van der Waals surface area contributed by atoms with Gasteiger partial charge in [0.2, 0.25) is 11.6 Å². The molecule has 3 aromatic rings. The summed E-state index contributed by atoms with van der Waals surface area (Å²) in [6.07, 6.45) is -3.30. The first-order valence-electron chi connectivity index (χ1n) is 12.8. The van der Waals surface area contributed by atoms with Crippen LogP contribution in [0.5, 0.6) is 5.75 Å². The summed E-state index contributed by atoms with van der Waals surface area (Å²) in [5, 5.41) is 17.5. The van der Waals surface area contributed by atoms with Crippen LogP contribution >= 0.6 is 7.75 Å². The standard InChI is InChI=1S/C25H34FN6O8P/c1-14(12-37-22(35)24(2,3)4)31-41(36,40-15-9-7-6-8-10-15)38-13-17-18(33)25(5,26)19(39-17)16-11-28-20-21(34)29-23(27)30-32(16)20/h6-11,14,17-19,33H,12-13H2,1-5H3,(H,31,36)(H3,27,29,30,34). The lowest BCUT2D eigenvalue weighted by atomic mass is 9.93. The van der Waals surface area contributed by atoms with Gasteiger partial charge in [-0.15, -0.1) is 5.10 Å². The molecule has 1 aliphatic rings. The zero-order valence-corrected chi connectivity index (χ0v) is 24.1. The van der Waals surface area contributed by atoms with E-state index < -0.39 is 61.3 Å². The molecule has 3 heterocycles. The van der Waals surface area contributed by atoms with Crippen LogP contribution in [-0.4, -0.2) is 67.8 Å². The number of benzene rings is 1. The summed E-state index contributed by atoms with van der Waals surface area (Å²) in [6, 6.07) is 7.50. The second-order valence-corrected chi connectivity index (χ2v) is 12.7. The van der Waals surface area contributed by atoms with Crippen molar-refractivity contribution in [2.45, 2.75) is 64.6 Å². The predicted octanol–water partition coefficient (Wildman–Crippen LogP) is 2.30. The van der Waals surface area contributed by atoms with E-state index in [2.05, 4.69) is 20.2 Å². The highest BCUT2D eigenvalue weighted by molar-refractivity contribution is 7.52. The number of alkyl halides is 1. The molecule has 41 heavy (non-hydrogen) atoms. The second kappa shape index (κ2) is 11.5. The van der Waals surface area contributed by atoms with E-state index in [0.717, 1.165) is 11.4 Å². The molecule has 1 aliphatic heterocycles. The number of nitrogens with two attached hydrogens (primary N) is 1. The fourth-order valence-electron chi connectivity index (χ4n) is 4.10. The van der Waals surface area contributed by atoms with Gasteiger partial charge >= 0.3 is 13.7 Å². The molecule has 0 saturated carbocycles. The van der Waals surface area contributed by atoms with Gasteiger partial charge in [-0.2, -0.15) is 0 Å². The van der Waals surface area contributed by atoms with E-state index in [9.17, 15) is 19.3 Å². The van der Waals surface area contributed by atoms with E-state index in [1.165, 1.54) is 6.20 Å². The van der Waals surface area contributed by atoms with Gasteiger partial charge in [-0.3, -0.25) is 19.1 Å². The number of hydrogen-bond donors (Lipinski definition) is 4. The molecule has 1 saturated heterocycles. The number of esters is 1. The summed E-state index contributed by atoms with van der Waals surface area (Å²) in [6.45, 7) is 7.13. The Morgan fingerprint density at radius 3 is 2.71 bits per heavy atom. The fourth-order valence-corrected chi connectivity index (χ4v) is 5.64. The first-order chi connectivity index (χ1) is 19.1. The van der Waals surface area contributed by atoms with Crippen molar-refractivity contribution in [3.63, 3.8) is 0 Å². The third-order valence-electron chi connectivity index (χ3n) is 6.27. The number of fused-ring (bicyclic) bond motifs is 1. The van der Waals surface area contributed by atoms with E-state index in [0.29, 0.717) is 0 Å². The number of aliphatic hydroxyl groups is 1. The van der Waals surface area contributed by atoms with E-state index in [4.69, 9.17) is 24.3 Å². The molecule has 6 atom stereocenters. The van der Waals surface area contributed by atoms with Crippen LogP contribution in [0.1, 0.15) is 46.4 Å². The fraction of sp³-hybridized carbons (Fsp3) is 0.520. The molecule has 16 heteroatoms. The SMILES string of the molecule is CC(COC(=O)C(C)(C)C)NP(=O)(OCC1OC(c2cnc3c(=O)[nH]c(N)nn23)C(C)(F)C1O)Oc1ccccc1. The summed E-state index contributed by atoms with van der Waals surface area (Å²) in [5.74, 6) is -0.469. The Balaban J connectivity index is 1.52. The number of hydrogen-bond acceptors (Lipinski definition) is 11. The number of nitrogens with one attached hydrogen (secondary N) is 2. The summed E-state index contributed by atoms with van der Waals surface area (Å²) in [7, 11) is -4.20. The molecule has 5 N–H and O–H groups in total. The second-order valence-electron chi connectivity index (χ2n) is 11.0. The minimum Gasteiger partial charge on any atom is -0.464 e. The number of carbonyl (C=O) groups is 1. The van der Waals surface area contributed by atoms with E-state index in [1.54, 1.807) is 58.0 Å². The lowest BCUT2D eigenvalue weighted by Crippen LogP contribution is -2.40. The van der Waals surface area contributed by atoms with Gasteiger partial charge in [-0.05, 0) is 46.8 Å². The van der Waals surface area contributed by atoms with Crippen LogP contribution in [0.15, 0.2) is 41.3 Å². The number of carbonyl (C=O) groups excluding carboxylic acids is 1. The number of imidazole rings is 1. The highest BCUT2D eigenvalue weighted by atomic mass is 31.2. The number of rotatable bonds is 10. The van der Waals surface area contributed by atoms with Crippen molar-refractivity contribution >= 4 is 25.3 Å². The molecule has 1 aromatic carbocycles. The van der Waals surface area contributed by atoms with Gasteiger partial charge in [0.05, 0.1) is 23.9 Å². The van der Waals surface area contributed by atoms with Gasteiger partial charge in [0, 0.05) is 6.04 Å². The summed E-state index contributed by atoms with van der Waals surface area (Å²) in [5.41, 5.74) is 1.74. The Morgan fingerprint density at radius 1 is 1.37 bits per heavy atom. The highest BCUT2D eigenvalue weighted by Gasteiger charge is 2.56. The number of aliphatic hydroxyl groups excluding tert-OH is 1. The Hall–Kier alpha value is -3.36. The maximum absolute atomic E-state index is 15.9. The Bertz CT molecular complexity index is 1490. The number of para-hydroxylation sites is 1. The monoisotopic (exact) mass is 596 g/mol. The van der Waals surface area contributed by atoms with Crippen LogP contribution in [0.3, 0.4) is 0 Å². The molecule has 14 nitrogen and oxygen atoms in total. The van der Waals surface area contributed by atoms with Crippen molar-refractivity contribution in [1.29, 1.82) is 0 Å². The maximum Gasteiger partial charge on any atom is 0.459 e. The molecular formula is C25H34FN6O8P. The average molecular weight is 597 g/mol. The third-order valence-corrected chi connectivity index (χ3v) is 7.97. The maximum atomic E-state index is 15.9. The Morgan fingerprint density at radius 2 is 2.05 bits per heavy atom. The largest absolute Gasteiger partial charge is 0.464 e.